The second-order valence-corrected chi connectivity index (χ2v) is 5.07. The Bertz CT molecular complexity index is 514. The summed E-state index contributed by atoms with van der Waals surface area (Å²) in [5.74, 6) is 0.651. The Hall–Kier alpha value is -1.62. The predicted molar refractivity (Wildman–Crippen MR) is 77.8 cm³/mol. The molecule has 4 N–H and O–H groups in total. The number of fused-ring (bicyclic) bond motifs is 1. The molecule has 1 aliphatic rings. The first-order valence-electron chi connectivity index (χ1n) is 7.05. The summed E-state index contributed by atoms with van der Waals surface area (Å²) in [4.78, 5) is 4.41. The van der Waals surface area contributed by atoms with Crippen LogP contribution in [0.1, 0.15) is 44.7 Å². The lowest BCUT2D eigenvalue weighted by atomic mass is 10.2. The van der Waals surface area contributed by atoms with E-state index < -0.39 is 0 Å². The Balaban J connectivity index is 0.000000186. The molecule has 2 aromatic rings. The van der Waals surface area contributed by atoms with Crippen molar-refractivity contribution in [1.29, 1.82) is 0 Å². The molecule has 1 fully saturated rings. The lowest BCUT2D eigenvalue weighted by molar-refractivity contribution is 0.704. The van der Waals surface area contributed by atoms with Gasteiger partial charge in [0.1, 0.15) is 5.82 Å². The normalized spacial score (nSPS) is 15.5. The SMILES string of the molecule is CCCc1cc(N)n2nccc2n1.NC1CCCC1. The summed E-state index contributed by atoms with van der Waals surface area (Å²) >= 11 is 0. The highest BCUT2D eigenvalue weighted by Crippen LogP contribution is 2.14. The van der Waals surface area contributed by atoms with Crippen molar-refractivity contribution in [2.45, 2.75) is 51.5 Å². The lowest BCUT2D eigenvalue weighted by Gasteiger charge is -2.02. The van der Waals surface area contributed by atoms with E-state index in [1.807, 2.05) is 12.1 Å². The van der Waals surface area contributed by atoms with Crippen LogP contribution in [-0.4, -0.2) is 20.6 Å². The second-order valence-electron chi connectivity index (χ2n) is 5.07. The van der Waals surface area contributed by atoms with Crippen LogP contribution in [0.3, 0.4) is 0 Å². The van der Waals surface area contributed by atoms with Crippen LogP contribution in [0.4, 0.5) is 5.82 Å². The minimum absolute atomic E-state index is 0.546. The van der Waals surface area contributed by atoms with Gasteiger partial charge in [0.15, 0.2) is 5.65 Å². The van der Waals surface area contributed by atoms with Crippen LogP contribution in [0.2, 0.25) is 0 Å². The van der Waals surface area contributed by atoms with E-state index in [1.165, 1.54) is 25.7 Å². The van der Waals surface area contributed by atoms with Gasteiger partial charge in [-0.25, -0.2) is 4.98 Å². The molecule has 2 heterocycles. The van der Waals surface area contributed by atoms with Gasteiger partial charge in [-0.15, -0.1) is 0 Å². The largest absolute Gasteiger partial charge is 0.384 e. The minimum Gasteiger partial charge on any atom is -0.384 e. The first kappa shape index (κ1) is 13.8. The van der Waals surface area contributed by atoms with Crippen molar-refractivity contribution in [2.24, 2.45) is 5.73 Å². The van der Waals surface area contributed by atoms with E-state index in [0.717, 1.165) is 24.2 Å². The molecule has 0 saturated heterocycles. The van der Waals surface area contributed by atoms with Crippen LogP contribution in [-0.2, 0) is 6.42 Å². The number of anilines is 1. The zero-order valence-electron chi connectivity index (χ0n) is 11.5. The molecule has 1 saturated carbocycles. The number of aryl methyl sites for hydroxylation is 1. The summed E-state index contributed by atoms with van der Waals surface area (Å²) in [6, 6.07) is 4.28. The standard InChI is InChI=1S/C9H12N4.C5H11N/c1-2-3-7-6-8(10)13-9(12-7)4-5-11-13;6-5-3-1-2-4-5/h4-6H,2-3,10H2,1H3;5H,1-4,6H2. The summed E-state index contributed by atoms with van der Waals surface area (Å²) in [5.41, 5.74) is 13.2. The summed E-state index contributed by atoms with van der Waals surface area (Å²) in [7, 11) is 0. The van der Waals surface area contributed by atoms with Crippen LogP contribution in [0.5, 0.6) is 0 Å². The van der Waals surface area contributed by atoms with Gasteiger partial charge in [0.05, 0.1) is 6.20 Å². The topological polar surface area (TPSA) is 82.2 Å². The maximum atomic E-state index is 5.79. The molecule has 104 valence electrons. The average molecular weight is 261 g/mol. The third kappa shape index (κ3) is 3.67. The van der Waals surface area contributed by atoms with Crippen molar-refractivity contribution in [3.63, 3.8) is 0 Å². The van der Waals surface area contributed by atoms with Crippen LogP contribution in [0, 0.1) is 0 Å². The zero-order chi connectivity index (χ0) is 13.7. The smallest absolute Gasteiger partial charge is 0.157 e. The van der Waals surface area contributed by atoms with Gasteiger partial charge in [-0.05, 0) is 19.3 Å². The number of rotatable bonds is 2. The fourth-order valence-electron chi connectivity index (χ4n) is 2.33. The van der Waals surface area contributed by atoms with Gasteiger partial charge in [0.25, 0.3) is 0 Å². The molecule has 0 radical (unpaired) electrons. The zero-order valence-corrected chi connectivity index (χ0v) is 11.5. The number of nitrogens with two attached hydrogens (primary N) is 2. The predicted octanol–water partition coefficient (Wildman–Crippen LogP) is 2.15. The molecule has 0 unspecified atom stereocenters. The summed E-state index contributed by atoms with van der Waals surface area (Å²) < 4.78 is 1.64. The Kier molecular flexibility index (Phi) is 4.74. The highest BCUT2D eigenvalue weighted by Gasteiger charge is 2.07. The van der Waals surface area contributed by atoms with Gasteiger partial charge in [0.2, 0.25) is 0 Å². The molecule has 0 aromatic carbocycles. The second kappa shape index (κ2) is 6.52. The monoisotopic (exact) mass is 261 g/mol. The third-order valence-corrected chi connectivity index (χ3v) is 3.35. The number of nitrogen functional groups attached to an aromatic ring is 1. The Morgan fingerprint density at radius 3 is 2.68 bits per heavy atom. The maximum Gasteiger partial charge on any atom is 0.157 e. The lowest BCUT2D eigenvalue weighted by Crippen LogP contribution is -2.13. The van der Waals surface area contributed by atoms with E-state index in [2.05, 4.69) is 17.0 Å². The first-order chi connectivity index (χ1) is 9.20. The van der Waals surface area contributed by atoms with E-state index >= 15 is 0 Å². The molecule has 0 atom stereocenters. The van der Waals surface area contributed by atoms with Crippen LogP contribution in [0.15, 0.2) is 18.3 Å². The summed E-state index contributed by atoms with van der Waals surface area (Å²) in [6.07, 6.45) is 9.00. The van der Waals surface area contributed by atoms with Gasteiger partial charge in [-0.3, -0.25) is 0 Å². The molecule has 2 aromatic heterocycles. The van der Waals surface area contributed by atoms with Gasteiger partial charge in [-0.2, -0.15) is 9.61 Å². The molecule has 3 rings (SSSR count). The molecule has 0 bridgehead atoms. The van der Waals surface area contributed by atoms with Crippen LogP contribution in [0.25, 0.3) is 5.65 Å². The molecule has 0 aliphatic heterocycles. The molecular weight excluding hydrogens is 238 g/mol. The van der Waals surface area contributed by atoms with Crippen LogP contribution < -0.4 is 11.5 Å². The van der Waals surface area contributed by atoms with E-state index in [4.69, 9.17) is 11.5 Å². The van der Waals surface area contributed by atoms with Crippen LogP contribution >= 0.6 is 0 Å². The van der Waals surface area contributed by atoms with Gasteiger partial charge >= 0.3 is 0 Å². The Labute approximate surface area is 114 Å². The fourth-order valence-corrected chi connectivity index (χ4v) is 2.33. The van der Waals surface area contributed by atoms with E-state index in [-0.39, 0.29) is 0 Å². The minimum atomic E-state index is 0.546. The van der Waals surface area contributed by atoms with Crippen molar-refractivity contribution < 1.29 is 0 Å². The number of hydrogen-bond acceptors (Lipinski definition) is 4. The molecule has 0 amide bonds. The Morgan fingerprint density at radius 1 is 1.37 bits per heavy atom. The van der Waals surface area contributed by atoms with Crippen molar-refractivity contribution in [1.82, 2.24) is 14.6 Å². The van der Waals surface area contributed by atoms with Crippen molar-refractivity contribution in [3.05, 3.63) is 24.0 Å². The van der Waals surface area contributed by atoms with E-state index in [9.17, 15) is 0 Å². The summed E-state index contributed by atoms with van der Waals surface area (Å²) in [6.45, 7) is 2.12. The van der Waals surface area contributed by atoms with Gasteiger partial charge in [0, 0.05) is 23.9 Å². The van der Waals surface area contributed by atoms with E-state index in [0.29, 0.717) is 11.9 Å². The number of nitrogens with zero attached hydrogens (tertiary/aromatic N) is 3. The molecule has 1 aliphatic carbocycles. The van der Waals surface area contributed by atoms with Crippen molar-refractivity contribution >= 4 is 11.5 Å². The van der Waals surface area contributed by atoms with Crippen molar-refractivity contribution in [3.8, 4) is 0 Å². The number of aromatic nitrogens is 3. The van der Waals surface area contributed by atoms with E-state index in [1.54, 1.807) is 10.7 Å². The maximum absolute atomic E-state index is 5.79. The third-order valence-electron chi connectivity index (χ3n) is 3.35. The quantitative estimate of drug-likeness (QED) is 0.867. The van der Waals surface area contributed by atoms with Gasteiger partial charge < -0.3 is 11.5 Å². The molecule has 19 heavy (non-hydrogen) atoms. The number of hydrogen-bond donors (Lipinski definition) is 2. The molecule has 5 heteroatoms. The Morgan fingerprint density at radius 2 is 2.11 bits per heavy atom. The highest BCUT2D eigenvalue weighted by molar-refractivity contribution is 5.46. The first-order valence-corrected chi connectivity index (χ1v) is 7.05. The van der Waals surface area contributed by atoms with Crippen molar-refractivity contribution in [2.75, 3.05) is 5.73 Å². The highest BCUT2D eigenvalue weighted by atomic mass is 15.3. The molecule has 5 nitrogen and oxygen atoms in total. The molecule has 0 spiro atoms. The molecular formula is C14H23N5. The fraction of sp³-hybridized carbons (Fsp3) is 0.571. The summed E-state index contributed by atoms with van der Waals surface area (Å²) in [5, 5.41) is 4.05. The van der Waals surface area contributed by atoms with Gasteiger partial charge in [-0.1, -0.05) is 26.2 Å². The average Bonchev–Trinajstić information content (AvgIpc) is 3.01.